The lowest BCUT2D eigenvalue weighted by atomic mass is 10.2. The van der Waals surface area contributed by atoms with E-state index in [1.165, 1.54) is 54.2 Å². The smallest absolute Gasteiger partial charge is 0.270 e. The average Bonchev–Trinajstić information content (AvgIpc) is 2.76. The van der Waals surface area contributed by atoms with Gasteiger partial charge in [-0.05, 0) is 48.5 Å². The number of nitrogens with zero attached hydrogens (tertiary/aromatic N) is 1. The summed E-state index contributed by atoms with van der Waals surface area (Å²) in [6.45, 7) is 0. The molecule has 0 atom stereocenters. The van der Waals surface area contributed by atoms with Crippen molar-refractivity contribution in [1.82, 2.24) is 0 Å². The Morgan fingerprint density at radius 1 is 1.00 bits per heavy atom. The number of carbonyl (C=O) groups is 2. The highest BCUT2D eigenvalue weighted by Gasteiger charge is 2.12. The number of benzene rings is 3. The molecular formula is C21H15ClFN3O4S. The van der Waals surface area contributed by atoms with Crippen LogP contribution < -0.4 is 10.6 Å². The molecule has 0 aliphatic carbocycles. The van der Waals surface area contributed by atoms with Gasteiger partial charge in [-0.2, -0.15) is 0 Å². The van der Waals surface area contributed by atoms with E-state index in [-0.39, 0.29) is 27.9 Å². The SMILES string of the molecule is O=C(CSc1ccc(NC(=O)c2cccc([N+](=O)[O-])c2)cc1)Nc1ccc(F)c(Cl)c1. The maximum atomic E-state index is 13.2. The van der Waals surface area contributed by atoms with Gasteiger partial charge in [0.2, 0.25) is 5.91 Å². The van der Waals surface area contributed by atoms with Crippen LogP contribution in [0, 0.1) is 15.9 Å². The second-order valence-electron chi connectivity index (χ2n) is 6.25. The molecule has 0 saturated carbocycles. The highest BCUT2D eigenvalue weighted by molar-refractivity contribution is 8.00. The van der Waals surface area contributed by atoms with Gasteiger partial charge in [0.15, 0.2) is 0 Å². The monoisotopic (exact) mass is 459 g/mol. The molecule has 31 heavy (non-hydrogen) atoms. The number of hydrogen-bond donors (Lipinski definition) is 2. The Morgan fingerprint density at radius 2 is 1.71 bits per heavy atom. The van der Waals surface area contributed by atoms with Crippen LogP contribution in [0.15, 0.2) is 71.6 Å². The van der Waals surface area contributed by atoms with Gasteiger partial charge in [0.05, 0.1) is 15.7 Å². The number of hydrogen-bond acceptors (Lipinski definition) is 5. The molecule has 3 rings (SSSR count). The Labute approximate surface area is 185 Å². The van der Waals surface area contributed by atoms with Gasteiger partial charge in [-0.25, -0.2) is 4.39 Å². The molecule has 0 aromatic heterocycles. The molecule has 0 unspecified atom stereocenters. The third-order valence-electron chi connectivity index (χ3n) is 4.00. The largest absolute Gasteiger partial charge is 0.325 e. The first-order valence-corrected chi connectivity index (χ1v) is 10.2. The van der Waals surface area contributed by atoms with Gasteiger partial charge in [0.1, 0.15) is 5.82 Å². The lowest BCUT2D eigenvalue weighted by molar-refractivity contribution is -0.384. The van der Waals surface area contributed by atoms with Crippen LogP contribution in [0.2, 0.25) is 5.02 Å². The molecule has 0 bridgehead atoms. The minimum absolute atomic E-state index is 0.0757. The first kappa shape index (κ1) is 22.3. The van der Waals surface area contributed by atoms with Gasteiger partial charge < -0.3 is 10.6 Å². The van der Waals surface area contributed by atoms with Crippen LogP contribution in [-0.2, 0) is 4.79 Å². The molecule has 0 aliphatic heterocycles. The predicted octanol–water partition coefficient (Wildman–Crippen LogP) is 5.37. The van der Waals surface area contributed by atoms with Gasteiger partial charge in [0.25, 0.3) is 11.6 Å². The van der Waals surface area contributed by atoms with Crippen LogP contribution in [0.3, 0.4) is 0 Å². The molecule has 0 saturated heterocycles. The van der Waals surface area contributed by atoms with E-state index in [1.54, 1.807) is 24.3 Å². The van der Waals surface area contributed by atoms with Crippen molar-refractivity contribution >= 4 is 52.2 Å². The third-order valence-corrected chi connectivity index (χ3v) is 5.31. The van der Waals surface area contributed by atoms with Gasteiger partial charge in [0, 0.05) is 34.0 Å². The summed E-state index contributed by atoms with van der Waals surface area (Å²) in [6.07, 6.45) is 0. The molecule has 0 spiro atoms. The van der Waals surface area contributed by atoms with E-state index in [1.807, 2.05) is 0 Å². The summed E-state index contributed by atoms with van der Waals surface area (Å²) in [7, 11) is 0. The molecular weight excluding hydrogens is 445 g/mol. The number of nitro groups is 1. The van der Waals surface area contributed by atoms with Crippen LogP contribution in [0.4, 0.5) is 21.5 Å². The number of nitrogens with one attached hydrogen (secondary N) is 2. The molecule has 3 aromatic rings. The van der Waals surface area contributed by atoms with Crippen molar-refractivity contribution in [2.24, 2.45) is 0 Å². The van der Waals surface area contributed by atoms with Crippen molar-refractivity contribution in [2.75, 3.05) is 16.4 Å². The first-order chi connectivity index (χ1) is 14.8. The van der Waals surface area contributed by atoms with Gasteiger partial charge in [-0.15, -0.1) is 11.8 Å². The molecule has 7 nitrogen and oxygen atoms in total. The zero-order valence-corrected chi connectivity index (χ0v) is 17.4. The third kappa shape index (κ3) is 6.27. The van der Waals surface area contributed by atoms with E-state index in [0.717, 1.165) is 4.90 Å². The van der Waals surface area contributed by atoms with Crippen LogP contribution in [0.25, 0.3) is 0 Å². The summed E-state index contributed by atoms with van der Waals surface area (Å²) in [4.78, 5) is 35.4. The van der Waals surface area contributed by atoms with Gasteiger partial charge in [-0.1, -0.05) is 17.7 Å². The topological polar surface area (TPSA) is 101 Å². The Hall–Kier alpha value is -3.43. The molecule has 0 heterocycles. The lowest BCUT2D eigenvalue weighted by Crippen LogP contribution is -2.14. The Bertz CT molecular complexity index is 1140. The first-order valence-electron chi connectivity index (χ1n) is 8.85. The summed E-state index contributed by atoms with van der Waals surface area (Å²) < 4.78 is 13.2. The number of carbonyl (C=O) groups excluding carboxylic acids is 2. The number of nitro benzene ring substituents is 1. The molecule has 3 aromatic carbocycles. The maximum absolute atomic E-state index is 13.2. The van der Waals surface area contributed by atoms with Crippen LogP contribution >= 0.6 is 23.4 Å². The van der Waals surface area contributed by atoms with E-state index in [9.17, 15) is 24.1 Å². The Morgan fingerprint density at radius 3 is 2.39 bits per heavy atom. The van der Waals surface area contributed by atoms with E-state index >= 15 is 0 Å². The average molecular weight is 460 g/mol. The van der Waals surface area contributed by atoms with E-state index in [2.05, 4.69) is 10.6 Å². The number of anilines is 2. The zero-order valence-electron chi connectivity index (χ0n) is 15.8. The lowest BCUT2D eigenvalue weighted by Gasteiger charge is -2.08. The summed E-state index contributed by atoms with van der Waals surface area (Å²) in [5, 5.41) is 16.1. The summed E-state index contributed by atoms with van der Waals surface area (Å²) in [5.74, 6) is -1.20. The number of halogens is 2. The van der Waals surface area contributed by atoms with Crippen LogP contribution in [0.5, 0.6) is 0 Å². The fraction of sp³-hybridized carbons (Fsp3) is 0.0476. The van der Waals surface area contributed by atoms with E-state index in [4.69, 9.17) is 11.6 Å². The predicted molar refractivity (Wildman–Crippen MR) is 118 cm³/mol. The molecule has 0 aliphatic rings. The molecule has 2 amide bonds. The van der Waals surface area contributed by atoms with E-state index < -0.39 is 16.6 Å². The van der Waals surface area contributed by atoms with E-state index in [0.29, 0.717) is 11.4 Å². The molecule has 158 valence electrons. The molecule has 2 N–H and O–H groups in total. The number of thioether (sulfide) groups is 1. The standard InChI is InChI=1S/C21H15ClFN3O4S/c22-18-11-15(6-9-19(18)23)24-20(27)12-31-17-7-4-14(5-8-17)25-21(28)13-2-1-3-16(10-13)26(29)30/h1-11H,12H2,(H,24,27)(H,25,28). The summed E-state index contributed by atoms with van der Waals surface area (Å²) in [6, 6.07) is 16.1. The summed E-state index contributed by atoms with van der Waals surface area (Å²) >= 11 is 6.97. The normalized spacial score (nSPS) is 10.4. The summed E-state index contributed by atoms with van der Waals surface area (Å²) in [5.41, 5.74) is 0.910. The van der Waals surface area contributed by atoms with Crippen molar-refractivity contribution in [1.29, 1.82) is 0 Å². The fourth-order valence-corrected chi connectivity index (χ4v) is 3.40. The number of amides is 2. The Kier molecular flexibility index (Phi) is 7.22. The maximum Gasteiger partial charge on any atom is 0.270 e. The van der Waals surface area contributed by atoms with Gasteiger partial charge in [-0.3, -0.25) is 19.7 Å². The number of rotatable bonds is 7. The minimum Gasteiger partial charge on any atom is -0.325 e. The zero-order chi connectivity index (χ0) is 22.4. The second-order valence-corrected chi connectivity index (χ2v) is 7.71. The van der Waals surface area contributed by atoms with Crippen molar-refractivity contribution < 1.29 is 18.9 Å². The minimum atomic E-state index is -0.566. The van der Waals surface area contributed by atoms with Crippen LogP contribution in [0.1, 0.15) is 10.4 Å². The van der Waals surface area contributed by atoms with Crippen molar-refractivity contribution in [3.63, 3.8) is 0 Å². The van der Waals surface area contributed by atoms with Crippen molar-refractivity contribution in [3.8, 4) is 0 Å². The fourth-order valence-electron chi connectivity index (χ4n) is 2.52. The molecule has 0 radical (unpaired) electrons. The quantitative estimate of drug-likeness (QED) is 0.281. The van der Waals surface area contributed by atoms with Crippen LogP contribution in [-0.4, -0.2) is 22.5 Å². The number of non-ortho nitro benzene ring substituents is 1. The second kappa shape index (κ2) is 10.1. The highest BCUT2D eigenvalue weighted by atomic mass is 35.5. The van der Waals surface area contributed by atoms with Gasteiger partial charge >= 0.3 is 0 Å². The van der Waals surface area contributed by atoms with Crippen molar-refractivity contribution in [3.05, 3.63) is 93.2 Å². The highest BCUT2D eigenvalue weighted by Crippen LogP contribution is 2.23. The molecule has 0 fully saturated rings. The Balaban J connectivity index is 1.53. The van der Waals surface area contributed by atoms with Crippen molar-refractivity contribution in [2.45, 2.75) is 4.90 Å². The molecule has 10 heteroatoms.